The molecule has 0 aliphatic carbocycles. The van der Waals surface area contributed by atoms with Crippen LogP contribution in [0, 0.1) is 0 Å². The summed E-state index contributed by atoms with van der Waals surface area (Å²) < 4.78 is 10.3. The van der Waals surface area contributed by atoms with E-state index in [1.54, 1.807) is 61.2 Å². The van der Waals surface area contributed by atoms with Crippen LogP contribution < -0.4 is 9.47 Å². The highest BCUT2D eigenvalue weighted by molar-refractivity contribution is 7.86. The third-order valence-electron chi connectivity index (χ3n) is 2.22. The average molecular weight is 426 g/mol. The molecule has 3 heterocycles. The van der Waals surface area contributed by atoms with Crippen LogP contribution in [0.1, 0.15) is 0 Å². The van der Waals surface area contributed by atoms with E-state index in [9.17, 15) is 0 Å². The normalized spacial score (nSPS) is 8.69. The van der Waals surface area contributed by atoms with Crippen molar-refractivity contribution in [1.82, 2.24) is 15.0 Å². The number of hydrogen-bond acceptors (Lipinski definition) is 7. The molecule has 0 spiro atoms. The van der Waals surface area contributed by atoms with E-state index in [0.717, 1.165) is 0 Å². The molecule has 0 bridgehead atoms. The minimum absolute atomic E-state index is 0.0302. The monoisotopic (exact) mass is 425 g/mol. The first-order valence-electron chi connectivity index (χ1n) is 6.99. The molecule has 9 heteroatoms. The van der Waals surface area contributed by atoms with E-state index in [2.05, 4.69) is 27.2 Å². The van der Waals surface area contributed by atoms with E-state index in [1.165, 1.54) is 0 Å². The summed E-state index contributed by atoms with van der Waals surface area (Å²) >= 11 is 18.5. The molecule has 0 aliphatic rings. The van der Waals surface area contributed by atoms with Crippen molar-refractivity contribution in [2.45, 2.75) is 0 Å². The summed E-state index contributed by atoms with van der Waals surface area (Å²) in [7, 11) is 0. The lowest BCUT2D eigenvalue weighted by molar-refractivity contribution is 0.386. The number of hydrogen-bond donors (Lipinski definition) is 0. The van der Waals surface area contributed by atoms with Crippen LogP contribution >= 0.6 is 47.6 Å². The highest BCUT2D eigenvalue weighted by Crippen LogP contribution is 2.08. The van der Waals surface area contributed by atoms with Crippen molar-refractivity contribution in [3.63, 3.8) is 0 Å². The average Bonchev–Trinajstić information content (AvgIpc) is 2.65. The Morgan fingerprint density at radius 2 is 1.12 bits per heavy atom. The largest absolute Gasteiger partial charge is 0.398 e. The van der Waals surface area contributed by atoms with E-state index in [-0.39, 0.29) is 9.02 Å². The summed E-state index contributed by atoms with van der Waals surface area (Å²) in [4.78, 5) is 11.7. The van der Waals surface area contributed by atoms with E-state index in [1.807, 2.05) is 18.2 Å². The molecule has 5 nitrogen and oxygen atoms in total. The van der Waals surface area contributed by atoms with Crippen LogP contribution in [0.5, 0.6) is 11.8 Å². The zero-order valence-corrected chi connectivity index (χ0v) is 16.4. The topological polar surface area (TPSA) is 57.1 Å². The van der Waals surface area contributed by atoms with Crippen LogP contribution in [-0.4, -0.2) is 24.0 Å². The van der Waals surface area contributed by atoms with E-state index >= 15 is 0 Å². The van der Waals surface area contributed by atoms with Crippen molar-refractivity contribution in [2.24, 2.45) is 0 Å². The van der Waals surface area contributed by atoms with Crippen molar-refractivity contribution in [1.29, 1.82) is 0 Å². The molecule has 134 valence electrons. The fourth-order valence-corrected chi connectivity index (χ4v) is 1.49. The minimum Gasteiger partial charge on any atom is -0.398 e. The van der Waals surface area contributed by atoms with Gasteiger partial charge in [0.25, 0.3) is 0 Å². The standard InChI is InChI=1S/C11H8N2O2S.C5H5N.CCl2S/c16-11(14-9-5-1-3-7-12-9)15-10-6-2-4-8-13-10;1-2-4-6-5-3-1;2-1(3)4/h1-8H;1-5H;. The maximum atomic E-state index is 5.18. The van der Waals surface area contributed by atoms with Crippen LogP contribution in [0.3, 0.4) is 0 Å². The lowest BCUT2D eigenvalue weighted by Crippen LogP contribution is -2.14. The Bertz CT molecular complexity index is 693. The Kier molecular flexibility index (Phi) is 11.8. The van der Waals surface area contributed by atoms with Gasteiger partial charge in [-0.25, -0.2) is 9.97 Å². The van der Waals surface area contributed by atoms with Gasteiger partial charge >= 0.3 is 5.24 Å². The number of nitrogens with zero attached hydrogens (tertiary/aromatic N) is 3. The van der Waals surface area contributed by atoms with Gasteiger partial charge < -0.3 is 9.47 Å². The first-order valence-corrected chi connectivity index (χ1v) is 8.57. The molecular weight excluding hydrogens is 413 g/mol. The van der Waals surface area contributed by atoms with Gasteiger partial charge in [-0.3, -0.25) is 4.98 Å². The predicted octanol–water partition coefficient (Wildman–Crippen LogP) is 5.05. The maximum absolute atomic E-state index is 5.18. The van der Waals surface area contributed by atoms with Gasteiger partial charge in [-0.2, -0.15) is 0 Å². The zero-order valence-electron chi connectivity index (χ0n) is 13.2. The molecule has 0 amide bonds. The SMILES string of the molecule is S=C(Cl)Cl.S=C(Oc1ccccn1)Oc1ccccn1.c1ccncc1. The molecule has 0 radical (unpaired) electrons. The Morgan fingerprint density at radius 3 is 1.38 bits per heavy atom. The number of pyridine rings is 3. The highest BCUT2D eigenvalue weighted by atomic mass is 35.5. The van der Waals surface area contributed by atoms with Crippen LogP contribution in [0.2, 0.25) is 0 Å². The van der Waals surface area contributed by atoms with Gasteiger partial charge in [0.2, 0.25) is 11.8 Å². The number of aromatic nitrogens is 3. The first-order chi connectivity index (χ1) is 12.6. The summed E-state index contributed by atoms with van der Waals surface area (Å²) in [5, 5.41) is -0.0302. The summed E-state index contributed by atoms with van der Waals surface area (Å²) in [5.41, 5.74) is 0. The van der Waals surface area contributed by atoms with E-state index < -0.39 is 0 Å². The zero-order chi connectivity index (χ0) is 19.0. The van der Waals surface area contributed by atoms with Crippen molar-refractivity contribution in [3.05, 3.63) is 79.4 Å². The third-order valence-corrected chi connectivity index (χ3v) is 2.38. The summed E-state index contributed by atoms with van der Waals surface area (Å²) in [6, 6.07) is 16.3. The van der Waals surface area contributed by atoms with Crippen LogP contribution in [0.15, 0.2) is 79.4 Å². The number of thiocarbonyl (C=S) groups is 2. The molecule has 26 heavy (non-hydrogen) atoms. The molecule has 0 N–H and O–H groups in total. The quantitative estimate of drug-likeness (QED) is 0.420. The second-order valence-electron chi connectivity index (χ2n) is 4.04. The van der Waals surface area contributed by atoms with Crippen molar-refractivity contribution < 1.29 is 9.47 Å². The minimum atomic E-state index is -0.0556. The molecule has 3 rings (SSSR count). The highest BCUT2D eigenvalue weighted by Gasteiger charge is 2.03. The third kappa shape index (κ3) is 12.2. The van der Waals surface area contributed by atoms with Crippen molar-refractivity contribution in [2.75, 3.05) is 0 Å². The predicted molar refractivity (Wildman–Crippen MR) is 111 cm³/mol. The Hall–Kier alpha value is -2.19. The van der Waals surface area contributed by atoms with Gasteiger partial charge in [0, 0.05) is 49.1 Å². The second-order valence-corrected chi connectivity index (χ2v) is 6.18. The Balaban J connectivity index is 0.000000278. The molecule has 0 aromatic carbocycles. The molecule has 0 saturated carbocycles. The Labute approximate surface area is 171 Å². The van der Waals surface area contributed by atoms with Crippen molar-refractivity contribution in [3.8, 4) is 11.8 Å². The number of rotatable bonds is 2. The maximum Gasteiger partial charge on any atom is 0.366 e. The lowest BCUT2D eigenvalue weighted by atomic mass is 10.5. The summed E-state index contributed by atoms with van der Waals surface area (Å²) in [6.07, 6.45) is 6.72. The van der Waals surface area contributed by atoms with Gasteiger partial charge in [-0.15, -0.1) is 0 Å². The van der Waals surface area contributed by atoms with Crippen LogP contribution in [0.4, 0.5) is 0 Å². The molecular formula is C17H13Cl2N3O2S2. The van der Waals surface area contributed by atoms with E-state index in [0.29, 0.717) is 11.8 Å². The lowest BCUT2D eigenvalue weighted by Gasteiger charge is -2.05. The smallest absolute Gasteiger partial charge is 0.366 e. The van der Waals surface area contributed by atoms with Crippen molar-refractivity contribution >= 4 is 56.7 Å². The van der Waals surface area contributed by atoms with E-state index in [4.69, 9.17) is 44.9 Å². The molecule has 0 atom stereocenters. The molecule has 3 aromatic rings. The summed E-state index contributed by atoms with van der Waals surface area (Å²) in [5.74, 6) is 0.784. The first kappa shape index (κ1) is 21.9. The van der Waals surface area contributed by atoms with Crippen LogP contribution in [-0.2, 0) is 0 Å². The molecule has 3 aromatic heterocycles. The molecule has 0 fully saturated rings. The van der Waals surface area contributed by atoms with Gasteiger partial charge in [0.1, 0.15) is 0 Å². The molecule has 0 saturated heterocycles. The molecule has 0 unspecified atom stereocenters. The number of ether oxygens (including phenoxy) is 2. The van der Waals surface area contributed by atoms with Crippen LogP contribution in [0.25, 0.3) is 0 Å². The fraction of sp³-hybridized carbons (Fsp3) is 0. The van der Waals surface area contributed by atoms with Gasteiger partial charge in [-0.1, -0.05) is 53.6 Å². The van der Waals surface area contributed by atoms with Gasteiger partial charge in [0.15, 0.2) is 3.78 Å². The number of halogens is 2. The van der Waals surface area contributed by atoms with Gasteiger partial charge in [0.05, 0.1) is 0 Å². The summed E-state index contributed by atoms with van der Waals surface area (Å²) in [6.45, 7) is 0. The molecule has 0 aliphatic heterocycles. The Morgan fingerprint density at radius 1 is 0.692 bits per heavy atom. The fourth-order valence-electron chi connectivity index (χ4n) is 1.32. The second kappa shape index (κ2) is 14.0. The van der Waals surface area contributed by atoms with Gasteiger partial charge in [-0.05, 0) is 24.3 Å².